The fourth-order valence-corrected chi connectivity index (χ4v) is 4.29. The van der Waals surface area contributed by atoms with E-state index in [-0.39, 0.29) is 36.5 Å². The van der Waals surface area contributed by atoms with Crippen molar-refractivity contribution in [2.75, 3.05) is 6.16 Å². The van der Waals surface area contributed by atoms with E-state index in [1.54, 1.807) is 0 Å². The first kappa shape index (κ1) is 19.6. The Kier molecular flexibility index (Phi) is 7.32. The second kappa shape index (κ2) is 7.86. The average Bonchev–Trinajstić information content (AvgIpc) is 2.32. The molecule has 1 aromatic rings. The third-order valence-corrected chi connectivity index (χ3v) is 5.72. The van der Waals surface area contributed by atoms with Gasteiger partial charge in [0.05, 0.1) is 20.1 Å². The molecule has 0 saturated carbocycles. The minimum absolute atomic E-state index is 0.143. The summed E-state index contributed by atoms with van der Waals surface area (Å²) in [5.41, 5.74) is 0.322. The maximum atomic E-state index is 12.4. The van der Waals surface area contributed by atoms with Crippen LogP contribution in [0.1, 0.15) is 39.7 Å². The zero-order chi connectivity index (χ0) is 16.4. The van der Waals surface area contributed by atoms with Crippen LogP contribution in [-0.2, 0) is 0 Å². The van der Waals surface area contributed by atoms with E-state index >= 15 is 0 Å². The molecule has 0 amide bonds. The van der Waals surface area contributed by atoms with Crippen LogP contribution in [0.15, 0.2) is 6.07 Å². The molecule has 1 atom stereocenters. The Balaban J connectivity index is 2.99. The maximum Gasteiger partial charge on any atom is 0.0673 e. The van der Waals surface area contributed by atoms with Crippen LogP contribution in [-0.4, -0.2) is 11.6 Å². The quantitative estimate of drug-likeness (QED) is 0.449. The average molecular weight is 387 g/mol. The summed E-state index contributed by atoms with van der Waals surface area (Å²) in [6.07, 6.45) is 1.80. The molecule has 21 heavy (non-hydrogen) atoms. The van der Waals surface area contributed by atoms with Crippen molar-refractivity contribution in [3.8, 4) is 0 Å². The van der Waals surface area contributed by atoms with Crippen LogP contribution in [0.2, 0.25) is 20.1 Å². The predicted molar refractivity (Wildman–Crippen MR) is 95.6 cm³/mol. The fraction of sp³-hybridized carbons (Fsp3) is 0.533. The molecule has 118 valence electrons. The van der Waals surface area contributed by atoms with E-state index < -0.39 is 0 Å². The summed E-state index contributed by atoms with van der Waals surface area (Å²) in [5, 5.41) is 13.2. The molecule has 0 aromatic heterocycles. The molecule has 0 aliphatic heterocycles. The molecule has 0 saturated heterocycles. The summed E-state index contributed by atoms with van der Waals surface area (Å²) in [5.74, 6) is 0.433. The minimum atomic E-state index is -0.143. The molecule has 0 fully saturated rings. The molecule has 0 radical (unpaired) electrons. The molecular formula is C15H18Cl4OP-. The van der Waals surface area contributed by atoms with Gasteiger partial charge in [-0.15, -0.1) is 13.7 Å². The van der Waals surface area contributed by atoms with E-state index in [0.29, 0.717) is 14.1 Å². The zero-order valence-electron chi connectivity index (χ0n) is 12.4. The van der Waals surface area contributed by atoms with Crippen LogP contribution in [0.5, 0.6) is 0 Å². The van der Waals surface area contributed by atoms with Crippen molar-refractivity contribution < 1.29 is 5.11 Å². The highest BCUT2D eigenvalue weighted by Crippen LogP contribution is 2.38. The van der Waals surface area contributed by atoms with Crippen molar-refractivity contribution in [2.45, 2.75) is 34.1 Å². The summed E-state index contributed by atoms with van der Waals surface area (Å²) in [6, 6.07) is 1.45. The minimum Gasteiger partial charge on any atom is -0.823 e. The van der Waals surface area contributed by atoms with E-state index in [2.05, 4.69) is 27.7 Å². The highest BCUT2D eigenvalue weighted by Gasteiger charge is 2.16. The van der Waals surface area contributed by atoms with Gasteiger partial charge in [0.25, 0.3) is 0 Å². The Hall–Kier alpha value is 0.510. The molecule has 1 aromatic carbocycles. The van der Waals surface area contributed by atoms with E-state index in [0.717, 1.165) is 12.6 Å². The summed E-state index contributed by atoms with van der Waals surface area (Å²) in [7, 11) is 0.655. The Labute approximate surface area is 148 Å². The SMILES string of the molecule is CC(CP=C([O-])c1c(Cl)c(Cl)cc(Cl)c1Cl)CC(C)(C)C. The second-order valence-corrected chi connectivity index (χ2v) is 9.02. The number of benzene rings is 1. The first-order valence-electron chi connectivity index (χ1n) is 6.57. The number of hydrogen-bond donors (Lipinski definition) is 0. The van der Waals surface area contributed by atoms with Gasteiger partial charge in [0.2, 0.25) is 0 Å². The monoisotopic (exact) mass is 385 g/mol. The topological polar surface area (TPSA) is 23.1 Å². The van der Waals surface area contributed by atoms with Gasteiger partial charge in [-0.1, -0.05) is 74.1 Å². The van der Waals surface area contributed by atoms with Crippen molar-refractivity contribution in [1.29, 1.82) is 0 Å². The van der Waals surface area contributed by atoms with Crippen molar-refractivity contribution in [2.24, 2.45) is 11.3 Å². The molecule has 0 aliphatic rings. The smallest absolute Gasteiger partial charge is 0.0673 e. The highest BCUT2D eigenvalue weighted by atomic mass is 35.5. The van der Waals surface area contributed by atoms with Gasteiger partial charge in [0, 0.05) is 5.56 Å². The van der Waals surface area contributed by atoms with Crippen molar-refractivity contribution in [3.05, 3.63) is 31.7 Å². The van der Waals surface area contributed by atoms with Crippen LogP contribution in [0.4, 0.5) is 0 Å². The molecule has 1 nitrogen and oxygen atoms in total. The Bertz CT molecular complexity index is 523. The van der Waals surface area contributed by atoms with Crippen LogP contribution in [0.3, 0.4) is 0 Å². The molecular weight excluding hydrogens is 369 g/mol. The lowest BCUT2D eigenvalue weighted by molar-refractivity contribution is -0.207. The Morgan fingerprint density at radius 1 is 1.14 bits per heavy atom. The van der Waals surface area contributed by atoms with Gasteiger partial charge in [-0.2, -0.15) is 0 Å². The van der Waals surface area contributed by atoms with Crippen molar-refractivity contribution in [3.63, 3.8) is 0 Å². The van der Waals surface area contributed by atoms with Crippen molar-refractivity contribution in [1.82, 2.24) is 0 Å². The van der Waals surface area contributed by atoms with E-state index in [1.807, 2.05) is 0 Å². The normalized spacial score (nSPS) is 14.4. The summed E-state index contributed by atoms with van der Waals surface area (Å²) >= 11 is 24.1. The maximum absolute atomic E-state index is 12.4. The molecule has 0 N–H and O–H groups in total. The molecule has 0 aliphatic carbocycles. The molecule has 1 unspecified atom stereocenters. The largest absolute Gasteiger partial charge is 0.823 e. The fourth-order valence-electron chi connectivity index (χ4n) is 2.19. The van der Waals surface area contributed by atoms with Gasteiger partial charge < -0.3 is 5.11 Å². The van der Waals surface area contributed by atoms with E-state index in [1.165, 1.54) is 6.07 Å². The number of rotatable bonds is 4. The Morgan fingerprint density at radius 2 is 1.62 bits per heavy atom. The van der Waals surface area contributed by atoms with Crippen LogP contribution in [0, 0.1) is 11.3 Å². The van der Waals surface area contributed by atoms with Gasteiger partial charge in [-0.3, -0.25) is 0 Å². The summed E-state index contributed by atoms with van der Waals surface area (Å²) < 4.78 is 0. The lowest BCUT2D eigenvalue weighted by Gasteiger charge is -2.23. The first-order valence-corrected chi connectivity index (χ1v) is 9.17. The summed E-state index contributed by atoms with van der Waals surface area (Å²) in [4.78, 5) is 0. The van der Waals surface area contributed by atoms with Gasteiger partial charge in [-0.05, 0) is 30.0 Å². The number of halogens is 4. The summed E-state index contributed by atoms with van der Waals surface area (Å²) in [6.45, 7) is 8.70. The van der Waals surface area contributed by atoms with Crippen molar-refractivity contribution >= 4 is 60.1 Å². The molecule has 1 rings (SSSR count). The van der Waals surface area contributed by atoms with Crippen LogP contribution >= 0.6 is 54.6 Å². The second-order valence-electron chi connectivity index (χ2n) is 6.36. The van der Waals surface area contributed by atoms with E-state index in [4.69, 9.17) is 46.4 Å². The lowest BCUT2D eigenvalue weighted by atomic mass is 9.86. The third kappa shape index (κ3) is 5.90. The highest BCUT2D eigenvalue weighted by molar-refractivity contribution is 7.40. The van der Waals surface area contributed by atoms with Gasteiger partial charge in [0.1, 0.15) is 0 Å². The van der Waals surface area contributed by atoms with Gasteiger partial charge >= 0.3 is 0 Å². The zero-order valence-corrected chi connectivity index (χ0v) is 16.4. The molecule has 6 heteroatoms. The van der Waals surface area contributed by atoms with Gasteiger partial charge in [0.15, 0.2) is 0 Å². The molecule has 0 heterocycles. The molecule has 0 spiro atoms. The standard InChI is InChI=1S/C15H19Cl4OP/c1-8(6-15(2,3)4)7-21-14(20)11-12(18)9(16)5-10(17)13(11)19/h5,8,20H,6-7H2,1-4H3/p-1. The van der Waals surface area contributed by atoms with Crippen LogP contribution < -0.4 is 5.11 Å². The molecule has 0 bridgehead atoms. The Morgan fingerprint density at radius 3 is 2.05 bits per heavy atom. The van der Waals surface area contributed by atoms with Gasteiger partial charge in [-0.25, -0.2) is 0 Å². The predicted octanol–water partition coefficient (Wildman–Crippen LogP) is 6.16. The third-order valence-electron chi connectivity index (χ3n) is 2.83. The van der Waals surface area contributed by atoms with E-state index in [9.17, 15) is 5.11 Å². The first-order chi connectivity index (χ1) is 9.53. The number of hydrogen-bond acceptors (Lipinski definition) is 1. The van der Waals surface area contributed by atoms with Crippen LogP contribution in [0.25, 0.3) is 0 Å². The lowest BCUT2D eigenvalue weighted by Crippen LogP contribution is -2.19.